The predicted octanol–water partition coefficient (Wildman–Crippen LogP) is 1.83. The van der Waals surface area contributed by atoms with Gasteiger partial charge in [0.25, 0.3) is 0 Å². The number of hydrogen-bond acceptors (Lipinski definition) is 3. The molecular weight excluding hydrogens is 299 g/mol. The van der Waals surface area contributed by atoms with Crippen LogP contribution in [0, 0.1) is 0 Å². The minimum absolute atomic E-state index is 0.207. The molecule has 5 nitrogen and oxygen atoms in total. The zero-order valence-electron chi connectivity index (χ0n) is 13.1. The van der Waals surface area contributed by atoms with Crippen LogP contribution < -0.4 is 5.32 Å². The van der Waals surface area contributed by atoms with Gasteiger partial charge in [-0.2, -0.15) is 13.2 Å². The van der Waals surface area contributed by atoms with E-state index in [0.29, 0.717) is 32.7 Å². The second-order valence-corrected chi connectivity index (χ2v) is 6.36. The molecule has 2 atom stereocenters. The number of carbonyl (C=O) groups excluding carboxylic acids is 1. The molecule has 0 aliphatic carbocycles. The van der Waals surface area contributed by atoms with Crippen LogP contribution in [-0.4, -0.2) is 73.0 Å². The molecule has 2 aliphatic heterocycles. The fraction of sp³-hybridized carbons (Fsp3) is 0.929. The molecule has 2 heterocycles. The van der Waals surface area contributed by atoms with Crippen molar-refractivity contribution in [3.8, 4) is 0 Å². The van der Waals surface area contributed by atoms with Crippen LogP contribution in [0.1, 0.15) is 26.7 Å². The summed E-state index contributed by atoms with van der Waals surface area (Å²) in [6.45, 7) is 5.18. The summed E-state index contributed by atoms with van der Waals surface area (Å²) in [6.07, 6.45) is -2.83. The standard InChI is InChI=1S/C14H24F3N3O2/c1-3-13(2)9-20(6-7-22-13)12(21)18-11-4-5-19(8-11)10-14(15,16)17/h11H,3-10H2,1-2H3,(H,18,21)/t11-,13-/m1/s1. The molecular formula is C14H24F3N3O2. The molecule has 0 aromatic carbocycles. The number of amides is 2. The van der Waals surface area contributed by atoms with E-state index in [-0.39, 0.29) is 24.2 Å². The number of urea groups is 1. The third kappa shape index (κ3) is 4.74. The van der Waals surface area contributed by atoms with E-state index in [4.69, 9.17) is 4.74 Å². The number of alkyl halides is 3. The van der Waals surface area contributed by atoms with E-state index in [9.17, 15) is 18.0 Å². The highest BCUT2D eigenvalue weighted by Crippen LogP contribution is 2.22. The Morgan fingerprint density at radius 2 is 2.14 bits per heavy atom. The number of nitrogens with one attached hydrogen (secondary N) is 1. The molecule has 0 spiro atoms. The van der Waals surface area contributed by atoms with Crippen LogP contribution in [0.3, 0.4) is 0 Å². The molecule has 128 valence electrons. The Balaban J connectivity index is 1.80. The van der Waals surface area contributed by atoms with Crippen LogP contribution in [0.25, 0.3) is 0 Å². The minimum atomic E-state index is -4.19. The molecule has 0 unspecified atom stereocenters. The Bertz CT molecular complexity index is 405. The highest BCUT2D eigenvalue weighted by atomic mass is 19.4. The Hall–Kier alpha value is -1.02. The van der Waals surface area contributed by atoms with E-state index < -0.39 is 12.7 Å². The zero-order valence-corrected chi connectivity index (χ0v) is 13.1. The van der Waals surface area contributed by atoms with Gasteiger partial charge in [0.15, 0.2) is 0 Å². The summed E-state index contributed by atoms with van der Waals surface area (Å²) < 4.78 is 42.8. The first-order valence-corrected chi connectivity index (χ1v) is 7.69. The van der Waals surface area contributed by atoms with Crippen molar-refractivity contribution in [3.05, 3.63) is 0 Å². The molecule has 2 rings (SSSR count). The fourth-order valence-corrected chi connectivity index (χ4v) is 2.93. The molecule has 0 saturated carbocycles. The van der Waals surface area contributed by atoms with E-state index >= 15 is 0 Å². The van der Waals surface area contributed by atoms with Gasteiger partial charge < -0.3 is 15.0 Å². The van der Waals surface area contributed by atoms with Crippen molar-refractivity contribution in [2.24, 2.45) is 0 Å². The minimum Gasteiger partial charge on any atom is -0.372 e. The number of morpholine rings is 1. The molecule has 2 aliphatic rings. The summed E-state index contributed by atoms with van der Waals surface area (Å²) in [5.74, 6) is 0. The molecule has 8 heteroatoms. The number of carbonyl (C=O) groups is 1. The first-order valence-electron chi connectivity index (χ1n) is 7.69. The highest BCUT2D eigenvalue weighted by molar-refractivity contribution is 5.74. The van der Waals surface area contributed by atoms with Gasteiger partial charge in [-0.1, -0.05) is 6.92 Å². The van der Waals surface area contributed by atoms with Crippen LogP contribution in [0.2, 0.25) is 0 Å². The van der Waals surface area contributed by atoms with Crippen LogP contribution in [0.4, 0.5) is 18.0 Å². The maximum atomic E-state index is 12.4. The Kier molecular flexibility index (Phi) is 5.21. The van der Waals surface area contributed by atoms with E-state index in [2.05, 4.69) is 5.32 Å². The summed E-state index contributed by atoms with van der Waals surface area (Å²) in [5, 5.41) is 2.85. The van der Waals surface area contributed by atoms with Crippen LogP contribution in [0.5, 0.6) is 0 Å². The third-order valence-electron chi connectivity index (χ3n) is 4.38. The number of likely N-dealkylation sites (tertiary alicyclic amines) is 1. The molecule has 0 radical (unpaired) electrons. The largest absolute Gasteiger partial charge is 0.401 e. The molecule has 0 aromatic rings. The molecule has 0 bridgehead atoms. The summed E-state index contributed by atoms with van der Waals surface area (Å²) in [5.41, 5.74) is -0.340. The summed E-state index contributed by atoms with van der Waals surface area (Å²) in [4.78, 5) is 15.3. The zero-order chi connectivity index (χ0) is 16.4. The number of hydrogen-bond donors (Lipinski definition) is 1. The van der Waals surface area contributed by atoms with E-state index in [1.165, 1.54) is 4.90 Å². The average molecular weight is 323 g/mol. The molecule has 1 N–H and O–H groups in total. The molecule has 2 fully saturated rings. The summed E-state index contributed by atoms with van der Waals surface area (Å²) in [6, 6.07) is -0.424. The lowest BCUT2D eigenvalue weighted by molar-refractivity contribution is -0.143. The van der Waals surface area contributed by atoms with Gasteiger partial charge in [-0.25, -0.2) is 4.79 Å². The lowest BCUT2D eigenvalue weighted by atomic mass is 10.0. The maximum absolute atomic E-state index is 12.4. The molecule has 2 amide bonds. The van der Waals surface area contributed by atoms with Gasteiger partial charge in [-0.05, 0) is 19.8 Å². The third-order valence-corrected chi connectivity index (χ3v) is 4.38. The van der Waals surface area contributed by atoms with Crippen molar-refractivity contribution < 1.29 is 22.7 Å². The van der Waals surface area contributed by atoms with Gasteiger partial charge >= 0.3 is 12.2 Å². The van der Waals surface area contributed by atoms with Gasteiger partial charge in [-0.15, -0.1) is 0 Å². The number of halogens is 3. The van der Waals surface area contributed by atoms with Gasteiger partial charge in [0.2, 0.25) is 0 Å². The van der Waals surface area contributed by atoms with Crippen molar-refractivity contribution in [3.63, 3.8) is 0 Å². The quantitative estimate of drug-likeness (QED) is 0.862. The van der Waals surface area contributed by atoms with Crippen molar-refractivity contribution >= 4 is 6.03 Å². The Morgan fingerprint density at radius 1 is 1.41 bits per heavy atom. The van der Waals surface area contributed by atoms with E-state index in [1.807, 2.05) is 13.8 Å². The summed E-state index contributed by atoms with van der Waals surface area (Å²) >= 11 is 0. The van der Waals surface area contributed by atoms with E-state index in [0.717, 1.165) is 6.42 Å². The van der Waals surface area contributed by atoms with Crippen LogP contribution in [-0.2, 0) is 4.74 Å². The second kappa shape index (κ2) is 6.62. The predicted molar refractivity (Wildman–Crippen MR) is 75.7 cm³/mol. The maximum Gasteiger partial charge on any atom is 0.401 e. The fourth-order valence-electron chi connectivity index (χ4n) is 2.93. The molecule has 2 saturated heterocycles. The topological polar surface area (TPSA) is 44.8 Å². The number of ether oxygens (including phenoxy) is 1. The number of rotatable bonds is 3. The highest BCUT2D eigenvalue weighted by Gasteiger charge is 2.36. The van der Waals surface area contributed by atoms with Crippen LogP contribution >= 0.6 is 0 Å². The van der Waals surface area contributed by atoms with Crippen molar-refractivity contribution in [2.45, 2.75) is 44.5 Å². The van der Waals surface area contributed by atoms with Crippen molar-refractivity contribution in [1.82, 2.24) is 15.1 Å². The van der Waals surface area contributed by atoms with Crippen molar-refractivity contribution in [1.29, 1.82) is 0 Å². The smallest absolute Gasteiger partial charge is 0.372 e. The molecule has 22 heavy (non-hydrogen) atoms. The van der Waals surface area contributed by atoms with Crippen LogP contribution in [0.15, 0.2) is 0 Å². The Labute approximate surface area is 128 Å². The second-order valence-electron chi connectivity index (χ2n) is 6.36. The van der Waals surface area contributed by atoms with Gasteiger partial charge in [-0.3, -0.25) is 4.90 Å². The summed E-state index contributed by atoms with van der Waals surface area (Å²) in [7, 11) is 0. The van der Waals surface area contributed by atoms with Gasteiger partial charge in [0, 0.05) is 25.7 Å². The lowest BCUT2D eigenvalue weighted by Crippen LogP contribution is -2.56. The molecule has 0 aromatic heterocycles. The number of nitrogens with zero attached hydrogens (tertiary/aromatic N) is 2. The van der Waals surface area contributed by atoms with Gasteiger partial charge in [0.1, 0.15) is 0 Å². The lowest BCUT2D eigenvalue weighted by Gasteiger charge is -2.40. The van der Waals surface area contributed by atoms with Crippen molar-refractivity contribution in [2.75, 3.05) is 39.3 Å². The monoisotopic (exact) mass is 323 g/mol. The Morgan fingerprint density at radius 3 is 2.77 bits per heavy atom. The van der Waals surface area contributed by atoms with E-state index in [1.54, 1.807) is 4.90 Å². The average Bonchev–Trinajstić information content (AvgIpc) is 2.83. The first kappa shape index (κ1) is 17.3. The first-order chi connectivity index (χ1) is 10.2. The normalized spacial score (nSPS) is 30.6. The van der Waals surface area contributed by atoms with Gasteiger partial charge in [0.05, 0.1) is 25.3 Å². The SMILES string of the molecule is CC[C@]1(C)CN(C(=O)N[C@@H]2CCN(CC(F)(F)F)C2)CCO1.